The number of likely N-dealkylation sites (N-methyl/N-ethyl adjacent to an activating group) is 1. The van der Waals surface area contributed by atoms with Crippen molar-refractivity contribution in [1.29, 1.82) is 0 Å². The summed E-state index contributed by atoms with van der Waals surface area (Å²) in [5, 5.41) is -0.0772. The molecule has 0 bridgehead atoms. The van der Waals surface area contributed by atoms with E-state index in [2.05, 4.69) is 4.98 Å². The Morgan fingerprint density at radius 1 is 1.20 bits per heavy atom. The Balaban J connectivity index is 1.74. The Morgan fingerprint density at radius 2 is 1.93 bits per heavy atom. The minimum Gasteiger partial charge on any atom is -0.497 e. The third-order valence-electron chi connectivity index (χ3n) is 6.78. The average Bonchev–Trinajstić information content (AvgIpc) is 3.38. The summed E-state index contributed by atoms with van der Waals surface area (Å²) in [6, 6.07) is 6.10. The summed E-state index contributed by atoms with van der Waals surface area (Å²) in [5.74, 6) is -0.513. The van der Waals surface area contributed by atoms with E-state index in [4.69, 9.17) is 19.9 Å². The molecule has 0 radical (unpaired) electrons. The highest BCUT2D eigenvalue weighted by atomic mass is 19.1. The van der Waals surface area contributed by atoms with Gasteiger partial charge in [0.2, 0.25) is 5.43 Å². The number of nitrogens with zero attached hydrogens (tertiary/aromatic N) is 4. The first-order valence-electron chi connectivity index (χ1n) is 12.8. The van der Waals surface area contributed by atoms with Crippen LogP contribution in [0.2, 0.25) is 0 Å². The van der Waals surface area contributed by atoms with Crippen LogP contribution in [-0.4, -0.2) is 72.5 Å². The fourth-order valence-corrected chi connectivity index (χ4v) is 4.69. The lowest BCUT2D eigenvalue weighted by Gasteiger charge is -2.28. The van der Waals surface area contributed by atoms with Crippen molar-refractivity contribution in [3.8, 4) is 11.5 Å². The third-order valence-corrected chi connectivity index (χ3v) is 6.78. The average molecular weight is 556 g/mol. The Morgan fingerprint density at radius 3 is 2.55 bits per heavy atom. The number of carbonyl (C=O) groups is 2. The molecule has 1 fully saturated rings. The highest BCUT2D eigenvalue weighted by molar-refractivity contribution is 5.96. The topological polar surface area (TPSA) is 129 Å². The summed E-state index contributed by atoms with van der Waals surface area (Å²) in [4.78, 5) is 45.5. The molecule has 4 rings (SSSR count). The number of halogens is 1. The number of rotatable bonds is 7. The maximum Gasteiger partial charge on any atom is 0.410 e. The minimum atomic E-state index is -0.931. The van der Waals surface area contributed by atoms with Crippen LogP contribution in [0.5, 0.6) is 11.5 Å². The van der Waals surface area contributed by atoms with E-state index < -0.39 is 28.8 Å². The number of anilines is 1. The molecular weight excluding hydrogens is 521 g/mol. The summed E-state index contributed by atoms with van der Waals surface area (Å²) in [7, 11) is 4.70. The number of hydrogen-bond donors (Lipinski definition) is 1. The highest BCUT2D eigenvalue weighted by Crippen LogP contribution is 2.29. The lowest BCUT2D eigenvalue weighted by Crippen LogP contribution is -2.42. The fourth-order valence-electron chi connectivity index (χ4n) is 4.69. The molecule has 1 aliphatic heterocycles. The van der Waals surface area contributed by atoms with Crippen LogP contribution in [0, 0.1) is 5.82 Å². The number of methoxy groups -OCH3 is 2. The summed E-state index contributed by atoms with van der Waals surface area (Å²) < 4.78 is 33.3. The maximum atomic E-state index is 15.4. The molecule has 0 aliphatic carbocycles. The zero-order valence-corrected chi connectivity index (χ0v) is 23.5. The number of ether oxygens (including phenoxy) is 3. The molecule has 1 saturated heterocycles. The van der Waals surface area contributed by atoms with Crippen LogP contribution in [0.1, 0.15) is 43.1 Å². The normalized spacial score (nSPS) is 15.3. The van der Waals surface area contributed by atoms with E-state index in [1.165, 1.54) is 25.3 Å². The molecule has 214 valence electrons. The van der Waals surface area contributed by atoms with Gasteiger partial charge in [-0.2, -0.15) is 0 Å². The first-order chi connectivity index (χ1) is 18.8. The molecule has 1 unspecified atom stereocenters. The highest BCUT2D eigenvalue weighted by Gasteiger charge is 2.33. The first-order valence-corrected chi connectivity index (χ1v) is 12.8. The number of hydrogen-bond acceptors (Lipinski definition) is 8. The monoisotopic (exact) mass is 555 g/mol. The van der Waals surface area contributed by atoms with Gasteiger partial charge in [0, 0.05) is 38.0 Å². The number of benzene rings is 1. The van der Waals surface area contributed by atoms with Crippen LogP contribution in [0.15, 0.2) is 35.3 Å². The van der Waals surface area contributed by atoms with Crippen LogP contribution in [0.25, 0.3) is 11.0 Å². The zero-order valence-electron chi connectivity index (χ0n) is 23.5. The molecule has 2 amide bonds. The largest absolute Gasteiger partial charge is 0.497 e. The number of nitrogens with two attached hydrogens (primary N) is 1. The number of amides is 2. The lowest BCUT2D eigenvalue weighted by atomic mass is 10.1. The number of aromatic nitrogens is 2. The van der Waals surface area contributed by atoms with E-state index in [0.29, 0.717) is 36.6 Å². The minimum absolute atomic E-state index is 0.0364. The second-order valence-corrected chi connectivity index (χ2v) is 10.7. The van der Waals surface area contributed by atoms with Gasteiger partial charge in [0.25, 0.3) is 5.91 Å². The van der Waals surface area contributed by atoms with Gasteiger partial charge in [0.15, 0.2) is 11.6 Å². The molecule has 2 aromatic heterocycles. The Hall–Kier alpha value is -4.35. The van der Waals surface area contributed by atoms with Gasteiger partial charge in [-0.3, -0.25) is 9.59 Å². The van der Waals surface area contributed by atoms with Gasteiger partial charge in [0.05, 0.1) is 32.2 Å². The van der Waals surface area contributed by atoms with E-state index in [1.54, 1.807) is 55.5 Å². The van der Waals surface area contributed by atoms with E-state index in [1.807, 2.05) is 0 Å². The van der Waals surface area contributed by atoms with Crippen molar-refractivity contribution >= 4 is 28.9 Å². The molecule has 12 heteroatoms. The maximum absolute atomic E-state index is 15.4. The van der Waals surface area contributed by atoms with Crippen molar-refractivity contribution in [3.05, 3.63) is 57.6 Å². The molecule has 40 heavy (non-hydrogen) atoms. The van der Waals surface area contributed by atoms with Crippen LogP contribution >= 0.6 is 0 Å². The van der Waals surface area contributed by atoms with Gasteiger partial charge in [-0.1, -0.05) is 0 Å². The van der Waals surface area contributed by atoms with Crippen molar-refractivity contribution in [1.82, 2.24) is 14.5 Å². The van der Waals surface area contributed by atoms with Crippen LogP contribution in [0.4, 0.5) is 15.0 Å². The van der Waals surface area contributed by atoms with Gasteiger partial charge in [-0.25, -0.2) is 14.2 Å². The number of primary amides is 1. The van der Waals surface area contributed by atoms with E-state index in [-0.39, 0.29) is 35.0 Å². The van der Waals surface area contributed by atoms with Crippen molar-refractivity contribution < 1.29 is 28.2 Å². The van der Waals surface area contributed by atoms with E-state index >= 15 is 4.39 Å². The van der Waals surface area contributed by atoms with E-state index in [9.17, 15) is 14.4 Å². The van der Waals surface area contributed by atoms with Gasteiger partial charge in [-0.15, -0.1) is 0 Å². The molecular formula is C28H34FN5O6. The zero-order chi connectivity index (χ0) is 29.4. The number of fused-ring (bicyclic) bond motifs is 1. The quantitative estimate of drug-likeness (QED) is 0.471. The van der Waals surface area contributed by atoms with Crippen molar-refractivity contribution in [2.24, 2.45) is 5.73 Å². The van der Waals surface area contributed by atoms with Gasteiger partial charge < -0.3 is 34.3 Å². The number of pyridine rings is 2. The fraction of sp³-hybridized carbons (Fsp3) is 0.429. The standard InChI is InChI=1S/C28H34FN5O6/c1-28(2,3)40-27(37)32(4)17-9-10-33(14-17)26-21(29)12-19-23(35)20(24(30)36)15-34(25(19)31-26)13-16-7-8-18(38-5)11-22(16)39-6/h7-8,11-12,15,17H,9-10,13-14H2,1-6H3,(H2,30,36). The Labute approximate surface area is 231 Å². The Bertz CT molecular complexity index is 1520. The van der Waals surface area contributed by atoms with Crippen molar-refractivity contribution in [3.63, 3.8) is 0 Å². The van der Waals surface area contributed by atoms with E-state index in [0.717, 1.165) is 6.07 Å². The molecule has 1 atom stereocenters. The predicted molar refractivity (Wildman–Crippen MR) is 148 cm³/mol. The first kappa shape index (κ1) is 28.7. The molecule has 11 nitrogen and oxygen atoms in total. The molecule has 0 saturated carbocycles. The van der Waals surface area contributed by atoms with Crippen molar-refractivity contribution in [2.75, 3.05) is 39.3 Å². The molecule has 1 aromatic carbocycles. The lowest BCUT2D eigenvalue weighted by molar-refractivity contribution is 0.0237. The third kappa shape index (κ3) is 5.80. The van der Waals surface area contributed by atoms with Gasteiger partial charge in [-0.05, 0) is 45.4 Å². The summed E-state index contributed by atoms with van der Waals surface area (Å²) in [6.07, 6.45) is 1.44. The molecule has 0 spiro atoms. The molecule has 3 heterocycles. The van der Waals surface area contributed by atoms with Crippen LogP contribution in [-0.2, 0) is 11.3 Å². The van der Waals surface area contributed by atoms with Gasteiger partial charge in [0.1, 0.15) is 28.3 Å². The number of carbonyl (C=O) groups excluding carboxylic acids is 2. The molecule has 3 aromatic rings. The van der Waals surface area contributed by atoms with Gasteiger partial charge >= 0.3 is 6.09 Å². The Kier molecular flexibility index (Phi) is 7.90. The SMILES string of the molecule is COc1ccc(Cn2cc(C(N)=O)c(=O)c3cc(F)c(N4CCC(N(C)C(=O)OC(C)(C)C)C4)nc32)c(OC)c1. The van der Waals surface area contributed by atoms with Crippen LogP contribution < -0.4 is 25.5 Å². The van der Waals surface area contributed by atoms with Crippen molar-refractivity contribution in [2.45, 2.75) is 45.4 Å². The smallest absolute Gasteiger partial charge is 0.410 e. The summed E-state index contributed by atoms with van der Waals surface area (Å²) in [5.41, 5.74) is 4.72. The second kappa shape index (κ2) is 11.0. The second-order valence-electron chi connectivity index (χ2n) is 10.7. The predicted octanol–water partition coefficient (Wildman–Crippen LogP) is 3.15. The molecule has 1 aliphatic rings. The summed E-state index contributed by atoms with van der Waals surface area (Å²) in [6.45, 7) is 6.27. The molecule has 2 N–H and O–H groups in total. The summed E-state index contributed by atoms with van der Waals surface area (Å²) >= 11 is 0. The van der Waals surface area contributed by atoms with Crippen LogP contribution in [0.3, 0.4) is 0 Å².